The van der Waals surface area contributed by atoms with E-state index in [2.05, 4.69) is 34.6 Å². The normalized spacial score (nSPS) is 12.5. The van der Waals surface area contributed by atoms with Crippen LogP contribution in [-0.2, 0) is 0 Å². The summed E-state index contributed by atoms with van der Waals surface area (Å²) in [6.07, 6.45) is 5.19. The molecule has 0 bridgehead atoms. The molecular formula is C11H23. The van der Waals surface area contributed by atoms with E-state index in [0.717, 1.165) is 0 Å². The van der Waals surface area contributed by atoms with Crippen LogP contribution in [0.3, 0.4) is 0 Å². The maximum absolute atomic E-state index is 4.17. The lowest BCUT2D eigenvalue weighted by Crippen LogP contribution is -2.25. The molecule has 1 unspecified atom stereocenters. The first-order chi connectivity index (χ1) is 5.13. The molecule has 0 aromatic rings. The van der Waals surface area contributed by atoms with Crippen molar-refractivity contribution in [1.29, 1.82) is 0 Å². The van der Waals surface area contributed by atoms with Crippen LogP contribution in [0.4, 0.5) is 0 Å². The Labute approximate surface area is 72.4 Å². The summed E-state index contributed by atoms with van der Waals surface area (Å²) in [5.74, 6) is 0.595. The van der Waals surface area contributed by atoms with E-state index in [1.807, 2.05) is 0 Å². The zero-order chi connectivity index (χ0) is 8.91. The highest BCUT2D eigenvalue weighted by Gasteiger charge is 2.28. The van der Waals surface area contributed by atoms with Gasteiger partial charge in [-0.15, -0.1) is 0 Å². The molecule has 0 aliphatic rings. The lowest BCUT2D eigenvalue weighted by molar-refractivity contribution is 0.170. The van der Waals surface area contributed by atoms with Crippen LogP contribution in [0.1, 0.15) is 53.4 Å². The summed E-state index contributed by atoms with van der Waals surface area (Å²) < 4.78 is 0. The average Bonchev–Trinajstić information content (AvgIpc) is 2.00. The van der Waals surface area contributed by atoms with E-state index in [1.54, 1.807) is 0 Å². The smallest absolute Gasteiger partial charge is 0.0277 e. The first-order valence-corrected chi connectivity index (χ1v) is 4.96. The van der Waals surface area contributed by atoms with Gasteiger partial charge in [0.1, 0.15) is 0 Å². The van der Waals surface area contributed by atoms with Gasteiger partial charge < -0.3 is 0 Å². The van der Waals surface area contributed by atoms with Gasteiger partial charge in [-0.1, -0.05) is 47.0 Å². The Morgan fingerprint density at radius 1 is 1.18 bits per heavy atom. The molecule has 1 atom stereocenters. The maximum Gasteiger partial charge on any atom is -0.0277 e. The van der Waals surface area contributed by atoms with Crippen molar-refractivity contribution >= 4 is 0 Å². The molecule has 0 aromatic heterocycles. The summed E-state index contributed by atoms with van der Waals surface area (Å²) in [4.78, 5) is 0. The van der Waals surface area contributed by atoms with Crippen LogP contribution in [0.15, 0.2) is 0 Å². The van der Waals surface area contributed by atoms with Gasteiger partial charge in [-0.3, -0.25) is 0 Å². The van der Waals surface area contributed by atoms with Crippen LogP contribution < -0.4 is 0 Å². The fourth-order valence-corrected chi connectivity index (χ4v) is 2.04. The van der Waals surface area contributed by atoms with Crippen molar-refractivity contribution < 1.29 is 0 Å². The first-order valence-electron chi connectivity index (χ1n) is 4.96. The predicted molar refractivity (Wildman–Crippen MR) is 52.4 cm³/mol. The van der Waals surface area contributed by atoms with Crippen LogP contribution in [-0.4, -0.2) is 0 Å². The van der Waals surface area contributed by atoms with Gasteiger partial charge >= 0.3 is 0 Å². The Morgan fingerprint density at radius 3 is 1.73 bits per heavy atom. The average molecular weight is 155 g/mol. The minimum absolute atomic E-state index is 0.523. The minimum atomic E-state index is 0.523. The molecule has 0 N–H and O–H groups in total. The Hall–Kier alpha value is 0. The molecule has 11 heavy (non-hydrogen) atoms. The Kier molecular flexibility index (Phi) is 4.79. The minimum Gasteiger partial charge on any atom is -0.0654 e. The van der Waals surface area contributed by atoms with Gasteiger partial charge in [-0.2, -0.15) is 0 Å². The van der Waals surface area contributed by atoms with Crippen molar-refractivity contribution in [2.24, 2.45) is 11.3 Å². The van der Waals surface area contributed by atoms with Crippen LogP contribution in [0.5, 0.6) is 0 Å². The molecule has 0 aliphatic carbocycles. The van der Waals surface area contributed by atoms with Gasteiger partial charge in [0.25, 0.3) is 0 Å². The van der Waals surface area contributed by atoms with Crippen LogP contribution in [0.25, 0.3) is 0 Å². The molecule has 0 heterocycles. The standard InChI is InChI=1S/C11H23/c1-6-9-11(7-2,8-3)10(4)5/h10H,4,6-9H2,1-3,5H3. The van der Waals surface area contributed by atoms with Gasteiger partial charge in [0.2, 0.25) is 0 Å². The molecule has 67 valence electrons. The Balaban J connectivity index is 4.20. The molecule has 0 saturated carbocycles. The van der Waals surface area contributed by atoms with Crippen molar-refractivity contribution in [1.82, 2.24) is 0 Å². The lowest BCUT2D eigenvalue weighted by atomic mass is 9.70. The molecule has 0 amide bonds. The van der Waals surface area contributed by atoms with Gasteiger partial charge in [-0.25, -0.2) is 0 Å². The Bertz CT molecular complexity index is 88.2. The summed E-state index contributed by atoms with van der Waals surface area (Å²) in [5, 5.41) is 0. The molecule has 0 heteroatoms. The third kappa shape index (κ3) is 2.50. The van der Waals surface area contributed by atoms with E-state index in [1.165, 1.54) is 25.7 Å². The quantitative estimate of drug-likeness (QED) is 0.561. The molecule has 0 nitrogen and oxygen atoms in total. The van der Waals surface area contributed by atoms with E-state index in [9.17, 15) is 0 Å². The lowest BCUT2D eigenvalue weighted by Gasteiger charge is -2.35. The summed E-state index contributed by atoms with van der Waals surface area (Å²) in [6.45, 7) is 13.3. The molecular weight excluding hydrogens is 132 g/mol. The first kappa shape index (κ1) is 11.0. The molecule has 1 radical (unpaired) electrons. The Morgan fingerprint density at radius 2 is 1.64 bits per heavy atom. The van der Waals surface area contributed by atoms with Crippen molar-refractivity contribution in [2.45, 2.75) is 53.4 Å². The largest absolute Gasteiger partial charge is 0.0654 e. The van der Waals surface area contributed by atoms with Crippen molar-refractivity contribution in [3.05, 3.63) is 6.92 Å². The summed E-state index contributed by atoms with van der Waals surface area (Å²) in [6, 6.07) is 0. The van der Waals surface area contributed by atoms with Crippen molar-refractivity contribution in [3.8, 4) is 0 Å². The van der Waals surface area contributed by atoms with E-state index < -0.39 is 0 Å². The maximum atomic E-state index is 4.17. The highest BCUT2D eigenvalue weighted by atomic mass is 14.3. The fraction of sp³-hybridized carbons (Fsp3) is 0.909. The molecule has 0 aliphatic heterocycles. The molecule has 0 saturated heterocycles. The SMILES string of the molecule is [CH2]C(C)C(CC)(CC)CCC. The second-order valence-corrected chi connectivity index (χ2v) is 3.72. The van der Waals surface area contributed by atoms with Gasteiger partial charge in [0.05, 0.1) is 0 Å². The van der Waals surface area contributed by atoms with Gasteiger partial charge in [0, 0.05) is 0 Å². The highest BCUT2D eigenvalue weighted by Crippen LogP contribution is 2.39. The highest BCUT2D eigenvalue weighted by molar-refractivity contribution is 4.82. The second-order valence-electron chi connectivity index (χ2n) is 3.72. The van der Waals surface area contributed by atoms with E-state index in [4.69, 9.17) is 0 Å². The van der Waals surface area contributed by atoms with Crippen LogP contribution in [0.2, 0.25) is 0 Å². The fourth-order valence-electron chi connectivity index (χ4n) is 2.04. The molecule has 0 spiro atoms. The molecule has 0 aromatic carbocycles. The zero-order valence-electron chi connectivity index (χ0n) is 8.61. The van der Waals surface area contributed by atoms with Crippen molar-refractivity contribution in [3.63, 3.8) is 0 Å². The monoisotopic (exact) mass is 155 g/mol. The third-order valence-corrected chi connectivity index (χ3v) is 3.20. The van der Waals surface area contributed by atoms with E-state index in [0.29, 0.717) is 11.3 Å². The number of hydrogen-bond donors (Lipinski definition) is 0. The van der Waals surface area contributed by atoms with E-state index >= 15 is 0 Å². The number of hydrogen-bond acceptors (Lipinski definition) is 0. The summed E-state index contributed by atoms with van der Waals surface area (Å²) >= 11 is 0. The zero-order valence-corrected chi connectivity index (χ0v) is 8.61. The van der Waals surface area contributed by atoms with Crippen LogP contribution >= 0.6 is 0 Å². The van der Waals surface area contributed by atoms with Gasteiger partial charge in [0.15, 0.2) is 0 Å². The summed E-state index contributed by atoms with van der Waals surface area (Å²) in [7, 11) is 0. The number of rotatable bonds is 5. The third-order valence-electron chi connectivity index (χ3n) is 3.20. The predicted octanol–water partition coefficient (Wildman–Crippen LogP) is 4.06. The van der Waals surface area contributed by atoms with Gasteiger partial charge in [-0.05, 0) is 24.7 Å². The van der Waals surface area contributed by atoms with Crippen LogP contribution in [0, 0.1) is 18.3 Å². The van der Waals surface area contributed by atoms with Crippen molar-refractivity contribution in [2.75, 3.05) is 0 Å². The van der Waals surface area contributed by atoms with E-state index in [-0.39, 0.29) is 0 Å². The topological polar surface area (TPSA) is 0 Å². The molecule has 0 rings (SSSR count). The molecule has 0 fully saturated rings. The second kappa shape index (κ2) is 4.79. The summed E-state index contributed by atoms with van der Waals surface area (Å²) in [5.41, 5.74) is 0.523.